The number of aromatic carboxylic acids is 1. The average Bonchev–Trinajstić information content (AvgIpc) is 2.75. The Morgan fingerprint density at radius 2 is 1.35 bits per heavy atom. The number of carbonyl (C=O) groups is 1. The number of rotatable bonds is 5. The van der Waals surface area contributed by atoms with Crippen LogP contribution < -0.4 is 0 Å². The Bertz CT molecular complexity index is 1750. The largest absolute Gasteiger partial charge is 0.505 e. The number of phenols is 1. The lowest BCUT2D eigenvalue weighted by Crippen LogP contribution is -2.08. The highest BCUT2D eigenvalue weighted by Crippen LogP contribution is 2.39. The van der Waals surface area contributed by atoms with Crippen LogP contribution in [0.15, 0.2) is 80.7 Å². The Morgan fingerprint density at radius 1 is 0.735 bits per heavy atom. The second-order valence-electron chi connectivity index (χ2n) is 7.13. The molecule has 0 amide bonds. The molecular formula is C21H14N2O9S2. The zero-order valence-corrected chi connectivity index (χ0v) is 18.4. The maximum absolute atomic E-state index is 11.7. The van der Waals surface area contributed by atoms with Gasteiger partial charge in [-0.05, 0) is 46.5 Å². The SMILES string of the molecule is O=C(O)c1cc2ccccc2c(N=Nc2ccc3cc(S(=O)(=O)O)c(S(=O)(=O)O)cc3c2)c1O. The smallest absolute Gasteiger partial charge is 0.339 e. The van der Waals surface area contributed by atoms with Crippen LogP contribution in [0.1, 0.15) is 10.4 Å². The van der Waals surface area contributed by atoms with Crippen LogP contribution in [-0.4, -0.2) is 42.1 Å². The molecule has 34 heavy (non-hydrogen) atoms. The number of hydrogen-bond acceptors (Lipinski definition) is 8. The summed E-state index contributed by atoms with van der Waals surface area (Å²) in [6, 6.07) is 13.7. The van der Waals surface area contributed by atoms with Crippen molar-refractivity contribution < 1.29 is 40.9 Å². The number of aromatic hydroxyl groups is 1. The van der Waals surface area contributed by atoms with Crippen LogP contribution in [-0.2, 0) is 20.2 Å². The molecule has 0 fully saturated rings. The first kappa shape index (κ1) is 23.3. The van der Waals surface area contributed by atoms with Crippen LogP contribution in [0.4, 0.5) is 11.4 Å². The first-order valence-corrected chi connectivity index (χ1v) is 12.2. The fourth-order valence-electron chi connectivity index (χ4n) is 3.40. The number of hydrogen-bond donors (Lipinski definition) is 4. The fraction of sp³-hybridized carbons (Fsp3) is 0. The molecule has 0 saturated carbocycles. The predicted molar refractivity (Wildman–Crippen MR) is 120 cm³/mol. The molecule has 0 saturated heterocycles. The van der Waals surface area contributed by atoms with Crippen molar-refractivity contribution in [1.82, 2.24) is 0 Å². The number of carboxylic acids is 1. The minimum atomic E-state index is -5.00. The molecular weight excluding hydrogens is 488 g/mol. The summed E-state index contributed by atoms with van der Waals surface area (Å²) in [5, 5.41) is 29.1. The predicted octanol–water partition coefficient (Wildman–Crippen LogP) is 4.31. The topological polar surface area (TPSA) is 191 Å². The second-order valence-corrected chi connectivity index (χ2v) is 9.91. The lowest BCUT2D eigenvalue weighted by atomic mass is 10.0. The lowest BCUT2D eigenvalue weighted by molar-refractivity contribution is 0.0694. The Hall–Kier alpha value is -3.91. The van der Waals surface area contributed by atoms with E-state index in [-0.39, 0.29) is 27.7 Å². The van der Waals surface area contributed by atoms with E-state index in [0.717, 1.165) is 12.1 Å². The zero-order valence-electron chi connectivity index (χ0n) is 16.8. The van der Waals surface area contributed by atoms with Crippen molar-refractivity contribution in [3.05, 3.63) is 66.2 Å². The van der Waals surface area contributed by atoms with E-state index in [1.807, 2.05) is 0 Å². The third kappa shape index (κ3) is 4.32. The van der Waals surface area contributed by atoms with E-state index in [9.17, 15) is 40.9 Å². The quantitative estimate of drug-likeness (QED) is 0.227. The minimum Gasteiger partial charge on any atom is -0.505 e. The summed E-state index contributed by atoms with van der Waals surface area (Å²) in [7, 11) is -9.96. The van der Waals surface area contributed by atoms with Gasteiger partial charge in [-0.1, -0.05) is 30.3 Å². The highest BCUT2D eigenvalue weighted by atomic mass is 32.2. The summed E-state index contributed by atoms with van der Waals surface area (Å²) < 4.78 is 65.2. The highest BCUT2D eigenvalue weighted by Gasteiger charge is 2.25. The summed E-state index contributed by atoms with van der Waals surface area (Å²) in [5.74, 6) is -1.96. The van der Waals surface area contributed by atoms with Gasteiger partial charge in [0.15, 0.2) is 5.75 Å². The third-order valence-corrected chi connectivity index (χ3v) is 6.85. The summed E-state index contributed by atoms with van der Waals surface area (Å²) in [6.07, 6.45) is 0. The van der Waals surface area contributed by atoms with Gasteiger partial charge in [-0.25, -0.2) is 4.79 Å². The van der Waals surface area contributed by atoms with E-state index in [4.69, 9.17) is 0 Å². The number of nitrogens with zero attached hydrogens (tertiary/aromatic N) is 2. The molecule has 0 bridgehead atoms. The number of fused-ring (bicyclic) bond motifs is 2. The number of benzene rings is 4. The van der Waals surface area contributed by atoms with Gasteiger partial charge in [0.05, 0.1) is 5.69 Å². The summed E-state index contributed by atoms with van der Waals surface area (Å²) in [6.45, 7) is 0. The molecule has 0 unspecified atom stereocenters. The summed E-state index contributed by atoms with van der Waals surface area (Å²) in [5.41, 5.74) is -0.338. The number of carboxylic acid groups (broad SMARTS) is 1. The maximum Gasteiger partial charge on any atom is 0.339 e. The van der Waals surface area contributed by atoms with Crippen molar-refractivity contribution in [2.75, 3.05) is 0 Å². The molecule has 0 aliphatic heterocycles. The van der Waals surface area contributed by atoms with Gasteiger partial charge in [0.2, 0.25) is 0 Å². The molecule has 11 nitrogen and oxygen atoms in total. The molecule has 0 radical (unpaired) electrons. The van der Waals surface area contributed by atoms with Gasteiger partial charge in [-0.15, -0.1) is 5.11 Å². The van der Waals surface area contributed by atoms with Crippen molar-refractivity contribution in [2.45, 2.75) is 9.79 Å². The normalized spacial score (nSPS) is 12.5. The van der Waals surface area contributed by atoms with Gasteiger partial charge >= 0.3 is 5.97 Å². The van der Waals surface area contributed by atoms with Crippen LogP contribution in [0.25, 0.3) is 21.5 Å². The van der Waals surface area contributed by atoms with Gasteiger partial charge in [0, 0.05) is 5.39 Å². The Balaban J connectivity index is 1.88. The molecule has 4 rings (SSSR count). The monoisotopic (exact) mass is 502 g/mol. The van der Waals surface area contributed by atoms with Gasteiger partial charge in [0.1, 0.15) is 21.0 Å². The van der Waals surface area contributed by atoms with Gasteiger partial charge in [0.25, 0.3) is 20.2 Å². The average molecular weight is 502 g/mol. The zero-order chi connectivity index (χ0) is 24.8. The van der Waals surface area contributed by atoms with Crippen molar-refractivity contribution in [3.63, 3.8) is 0 Å². The van der Waals surface area contributed by atoms with Gasteiger partial charge in [-0.2, -0.15) is 21.9 Å². The fourth-order valence-corrected chi connectivity index (χ4v) is 5.21. The van der Waals surface area contributed by atoms with E-state index < -0.39 is 41.7 Å². The highest BCUT2D eigenvalue weighted by molar-refractivity contribution is 7.89. The van der Waals surface area contributed by atoms with Gasteiger partial charge < -0.3 is 10.2 Å². The van der Waals surface area contributed by atoms with Crippen LogP contribution in [0.5, 0.6) is 5.75 Å². The van der Waals surface area contributed by atoms with E-state index in [1.165, 1.54) is 24.3 Å². The van der Waals surface area contributed by atoms with Crippen molar-refractivity contribution >= 4 is 59.1 Å². The maximum atomic E-state index is 11.7. The van der Waals surface area contributed by atoms with E-state index >= 15 is 0 Å². The summed E-state index contributed by atoms with van der Waals surface area (Å²) in [4.78, 5) is 9.48. The summed E-state index contributed by atoms with van der Waals surface area (Å²) >= 11 is 0. The Labute approximate surface area is 192 Å². The van der Waals surface area contributed by atoms with Gasteiger partial charge in [-0.3, -0.25) is 9.11 Å². The molecule has 13 heteroatoms. The molecule has 0 heterocycles. The molecule has 174 valence electrons. The van der Waals surface area contributed by atoms with E-state index in [1.54, 1.807) is 24.3 Å². The van der Waals surface area contributed by atoms with Crippen molar-refractivity contribution in [3.8, 4) is 5.75 Å². The number of azo groups is 1. The molecule has 0 aromatic heterocycles. The lowest BCUT2D eigenvalue weighted by Gasteiger charge is -2.08. The minimum absolute atomic E-state index is 0.101. The van der Waals surface area contributed by atoms with Crippen molar-refractivity contribution in [2.24, 2.45) is 10.2 Å². The first-order chi connectivity index (χ1) is 15.9. The molecule has 4 aromatic carbocycles. The molecule has 0 spiro atoms. The molecule has 0 atom stereocenters. The molecule has 4 aromatic rings. The first-order valence-electron chi connectivity index (χ1n) is 9.29. The Morgan fingerprint density at radius 3 is 1.97 bits per heavy atom. The standard InChI is InChI=1S/C21H14N2O9S2/c24-20-16(21(25)26)8-12-3-1-2-4-15(12)19(20)23-22-14-6-5-11-9-17(33(27,28)29)18(34(30,31)32)10-13(11)7-14/h1-10,24H,(H,25,26)(H,27,28,29)(H,30,31,32). The van der Waals surface area contributed by atoms with Crippen LogP contribution in [0.3, 0.4) is 0 Å². The van der Waals surface area contributed by atoms with Crippen LogP contribution in [0.2, 0.25) is 0 Å². The van der Waals surface area contributed by atoms with Crippen molar-refractivity contribution in [1.29, 1.82) is 0 Å². The molecule has 4 N–H and O–H groups in total. The van der Waals surface area contributed by atoms with E-state index in [0.29, 0.717) is 10.8 Å². The second kappa shape index (κ2) is 8.14. The molecule has 0 aliphatic carbocycles. The van der Waals surface area contributed by atoms with Crippen LogP contribution in [0, 0.1) is 0 Å². The molecule has 0 aliphatic rings. The van der Waals surface area contributed by atoms with E-state index in [2.05, 4.69) is 10.2 Å². The Kier molecular flexibility index (Phi) is 5.57. The third-order valence-electron chi connectivity index (χ3n) is 4.93. The van der Waals surface area contributed by atoms with Crippen LogP contribution >= 0.6 is 0 Å².